The highest BCUT2D eigenvalue weighted by molar-refractivity contribution is 7.89. The summed E-state index contributed by atoms with van der Waals surface area (Å²) in [5.41, 5.74) is 5.26. The molecule has 7 heteroatoms. The first-order chi connectivity index (χ1) is 13.0. The minimum absolute atomic E-state index is 0.373. The van der Waals surface area contributed by atoms with Gasteiger partial charge in [-0.05, 0) is 74.3 Å². The quantitative estimate of drug-likeness (QED) is 0.663. The molecule has 1 N–H and O–H groups in total. The normalized spacial score (nSPS) is 14.4. The maximum absolute atomic E-state index is 12.6. The predicted octanol–water partition coefficient (Wildman–Crippen LogP) is 2.83. The molecule has 0 spiro atoms. The van der Waals surface area contributed by atoms with Crippen LogP contribution < -0.4 is 4.72 Å². The second kappa shape index (κ2) is 7.40. The molecule has 0 saturated carbocycles. The van der Waals surface area contributed by atoms with E-state index in [1.165, 1.54) is 17.5 Å². The van der Waals surface area contributed by atoms with Crippen LogP contribution in [0.25, 0.3) is 5.65 Å². The molecule has 0 radical (unpaired) electrons. The number of sulfonamides is 1. The number of benzene rings is 1. The van der Waals surface area contributed by atoms with Gasteiger partial charge in [0, 0.05) is 25.0 Å². The molecular formula is C20H24N4O2S. The highest BCUT2D eigenvalue weighted by atomic mass is 32.2. The van der Waals surface area contributed by atoms with E-state index in [0.717, 1.165) is 42.6 Å². The maximum Gasteiger partial charge on any atom is 0.240 e. The van der Waals surface area contributed by atoms with Crippen LogP contribution in [0.15, 0.2) is 41.6 Å². The number of nitrogens with zero attached hydrogens (tertiary/aromatic N) is 3. The molecule has 4 rings (SSSR count). The van der Waals surface area contributed by atoms with Crippen molar-refractivity contribution in [1.82, 2.24) is 19.3 Å². The minimum atomic E-state index is -3.46. The van der Waals surface area contributed by atoms with E-state index >= 15 is 0 Å². The molecule has 142 valence electrons. The van der Waals surface area contributed by atoms with Crippen molar-refractivity contribution in [2.24, 2.45) is 0 Å². The smallest absolute Gasteiger partial charge is 0.237 e. The molecule has 0 saturated heterocycles. The first kappa shape index (κ1) is 18.1. The third kappa shape index (κ3) is 4.04. The Morgan fingerprint density at radius 2 is 1.96 bits per heavy atom. The van der Waals surface area contributed by atoms with Gasteiger partial charge in [0.2, 0.25) is 10.0 Å². The van der Waals surface area contributed by atoms with Gasteiger partial charge in [0.1, 0.15) is 0 Å². The Labute approximate surface area is 159 Å². The van der Waals surface area contributed by atoms with Gasteiger partial charge in [-0.2, -0.15) is 5.10 Å². The van der Waals surface area contributed by atoms with E-state index in [1.807, 2.05) is 37.5 Å². The Morgan fingerprint density at radius 3 is 2.81 bits per heavy atom. The van der Waals surface area contributed by atoms with E-state index in [-0.39, 0.29) is 0 Å². The van der Waals surface area contributed by atoms with Crippen LogP contribution in [-0.4, -0.2) is 29.6 Å². The molecule has 3 aromatic rings. The van der Waals surface area contributed by atoms with Gasteiger partial charge in [-0.3, -0.25) is 0 Å². The Morgan fingerprint density at radius 1 is 1.15 bits per heavy atom. The summed E-state index contributed by atoms with van der Waals surface area (Å²) in [6.07, 6.45) is 9.58. The molecular weight excluding hydrogens is 360 g/mol. The molecule has 1 aliphatic rings. The summed E-state index contributed by atoms with van der Waals surface area (Å²) < 4.78 is 29.6. The van der Waals surface area contributed by atoms with Gasteiger partial charge in [0.05, 0.1) is 10.6 Å². The number of aryl methyl sites for hydroxylation is 4. The number of hydrogen-bond donors (Lipinski definition) is 1. The first-order valence-electron chi connectivity index (χ1n) is 9.44. The second-order valence-electron chi connectivity index (χ2n) is 7.19. The Balaban J connectivity index is 1.36. The van der Waals surface area contributed by atoms with Crippen LogP contribution in [0.2, 0.25) is 0 Å². The summed E-state index contributed by atoms with van der Waals surface area (Å²) in [4.78, 5) is 4.75. The number of rotatable bonds is 6. The molecule has 2 heterocycles. The lowest BCUT2D eigenvalue weighted by molar-refractivity contribution is 0.578. The summed E-state index contributed by atoms with van der Waals surface area (Å²) in [7, 11) is -3.46. The van der Waals surface area contributed by atoms with Crippen molar-refractivity contribution in [1.29, 1.82) is 0 Å². The molecule has 0 unspecified atom stereocenters. The van der Waals surface area contributed by atoms with Gasteiger partial charge in [0.15, 0.2) is 5.65 Å². The summed E-state index contributed by atoms with van der Waals surface area (Å²) in [5.74, 6) is 0. The van der Waals surface area contributed by atoms with Gasteiger partial charge in [-0.15, -0.1) is 0 Å². The van der Waals surface area contributed by atoms with E-state index in [4.69, 9.17) is 0 Å². The van der Waals surface area contributed by atoms with Gasteiger partial charge >= 0.3 is 0 Å². The van der Waals surface area contributed by atoms with Crippen molar-refractivity contribution < 1.29 is 8.42 Å². The molecule has 1 aliphatic carbocycles. The highest BCUT2D eigenvalue weighted by Gasteiger charge is 2.17. The van der Waals surface area contributed by atoms with E-state index < -0.39 is 10.0 Å². The summed E-state index contributed by atoms with van der Waals surface area (Å²) in [6, 6.07) is 7.46. The summed E-state index contributed by atoms with van der Waals surface area (Å²) in [5, 5.41) is 4.36. The topological polar surface area (TPSA) is 76.4 Å². The van der Waals surface area contributed by atoms with Crippen molar-refractivity contribution >= 4 is 15.7 Å². The average molecular weight is 385 g/mol. The van der Waals surface area contributed by atoms with Crippen molar-refractivity contribution in [3.63, 3.8) is 0 Å². The predicted molar refractivity (Wildman–Crippen MR) is 104 cm³/mol. The second-order valence-corrected chi connectivity index (χ2v) is 8.96. The van der Waals surface area contributed by atoms with E-state index in [1.54, 1.807) is 10.6 Å². The molecule has 27 heavy (non-hydrogen) atoms. The zero-order chi connectivity index (χ0) is 18.9. The summed E-state index contributed by atoms with van der Waals surface area (Å²) >= 11 is 0. The number of aromatic nitrogens is 3. The van der Waals surface area contributed by atoms with Crippen LogP contribution in [0.1, 0.15) is 41.6 Å². The molecule has 2 aromatic heterocycles. The number of hydrogen-bond acceptors (Lipinski definition) is 4. The van der Waals surface area contributed by atoms with E-state index in [0.29, 0.717) is 17.9 Å². The molecule has 0 aliphatic heterocycles. The summed E-state index contributed by atoms with van der Waals surface area (Å²) in [6.45, 7) is 2.33. The third-order valence-corrected chi connectivity index (χ3v) is 6.51. The van der Waals surface area contributed by atoms with Crippen molar-refractivity contribution in [2.45, 2.75) is 50.3 Å². The van der Waals surface area contributed by atoms with Crippen LogP contribution in [0, 0.1) is 6.92 Å². The standard InChI is InChI=1S/C20H24N4O2S/c1-15-11-20-21-13-16(14-24(20)23-15)5-4-10-22-27(25,26)19-9-8-17-6-2-3-7-18(17)12-19/h8-9,11-14,22H,2-7,10H2,1H3. The van der Waals surface area contributed by atoms with Gasteiger partial charge < -0.3 is 0 Å². The Kier molecular flexibility index (Phi) is 4.97. The number of nitrogens with one attached hydrogen (secondary N) is 1. The van der Waals surface area contributed by atoms with Crippen LogP contribution in [0.5, 0.6) is 0 Å². The molecule has 0 amide bonds. The Hall–Kier alpha value is -2.25. The lowest BCUT2D eigenvalue weighted by Gasteiger charge is -2.16. The molecule has 0 fully saturated rings. The van der Waals surface area contributed by atoms with Crippen LogP contribution >= 0.6 is 0 Å². The molecule has 6 nitrogen and oxygen atoms in total. The molecule has 0 bridgehead atoms. The van der Waals surface area contributed by atoms with Crippen molar-refractivity contribution in [3.05, 3.63) is 59.0 Å². The lowest BCUT2D eigenvalue weighted by atomic mass is 9.92. The van der Waals surface area contributed by atoms with Gasteiger partial charge in [-0.25, -0.2) is 22.6 Å². The number of fused-ring (bicyclic) bond motifs is 2. The zero-order valence-corrected chi connectivity index (χ0v) is 16.3. The molecule has 1 aromatic carbocycles. The van der Waals surface area contributed by atoms with E-state index in [9.17, 15) is 8.42 Å². The maximum atomic E-state index is 12.6. The van der Waals surface area contributed by atoms with Crippen molar-refractivity contribution in [2.75, 3.05) is 6.54 Å². The fraction of sp³-hybridized carbons (Fsp3) is 0.400. The Bertz CT molecular complexity index is 1070. The van der Waals surface area contributed by atoms with Crippen LogP contribution in [-0.2, 0) is 29.3 Å². The minimum Gasteiger partial charge on any atom is -0.237 e. The average Bonchev–Trinajstić information content (AvgIpc) is 3.04. The first-order valence-corrected chi connectivity index (χ1v) is 10.9. The third-order valence-electron chi connectivity index (χ3n) is 5.05. The lowest BCUT2D eigenvalue weighted by Crippen LogP contribution is -2.25. The SMILES string of the molecule is Cc1cc2ncc(CCCNS(=O)(=O)c3ccc4c(c3)CCCC4)cn2n1. The van der Waals surface area contributed by atoms with Crippen molar-refractivity contribution in [3.8, 4) is 0 Å². The largest absolute Gasteiger partial charge is 0.240 e. The van der Waals surface area contributed by atoms with Gasteiger partial charge in [-0.1, -0.05) is 6.07 Å². The monoisotopic (exact) mass is 384 g/mol. The fourth-order valence-corrected chi connectivity index (χ4v) is 4.75. The van der Waals surface area contributed by atoms with Crippen LogP contribution in [0.4, 0.5) is 0 Å². The molecule has 0 atom stereocenters. The zero-order valence-electron chi connectivity index (χ0n) is 15.5. The highest BCUT2D eigenvalue weighted by Crippen LogP contribution is 2.24. The fourth-order valence-electron chi connectivity index (χ4n) is 3.62. The van der Waals surface area contributed by atoms with Crippen LogP contribution in [0.3, 0.4) is 0 Å². The van der Waals surface area contributed by atoms with E-state index in [2.05, 4.69) is 14.8 Å². The van der Waals surface area contributed by atoms with Gasteiger partial charge in [0.25, 0.3) is 0 Å².